The zero-order valence-corrected chi connectivity index (χ0v) is 10.2. The standard InChI is InChI=1S/C12H23N3O/c1-15-7-5-11(9-15)14-12(16)3-2-10-4-6-13-8-10/h10-11,13H,2-9H2,1H3,(H,14,16). The molecule has 2 aliphatic heterocycles. The lowest BCUT2D eigenvalue weighted by Crippen LogP contribution is -2.36. The van der Waals surface area contributed by atoms with E-state index in [0.29, 0.717) is 12.5 Å². The van der Waals surface area contributed by atoms with Crippen molar-refractivity contribution in [2.45, 2.75) is 31.7 Å². The van der Waals surface area contributed by atoms with E-state index in [9.17, 15) is 4.79 Å². The summed E-state index contributed by atoms with van der Waals surface area (Å²) in [4.78, 5) is 14.0. The second kappa shape index (κ2) is 5.64. The largest absolute Gasteiger partial charge is 0.352 e. The highest BCUT2D eigenvalue weighted by Crippen LogP contribution is 2.14. The van der Waals surface area contributed by atoms with Crippen molar-refractivity contribution < 1.29 is 4.79 Å². The Bertz CT molecular complexity index is 238. The van der Waals surface area contributed by atoms with Gasteiger partial charge in [0.1, 0.15) is 0 Å². The molecule has 2 saturated heterocycles. The summed E-state index contributed by atoms with van der Waals surface area (Å²) >= 11 is 0. The molecule has 0 aromatic heterocycles. The predicted octanol–water partition coefficient (Wildman–Crippen LogP) is 0.196. The van der Waals surface area contributed by atoms with Gasteiger partial charge in [0.15, 0.2) is 0 Å². The van der Waals surface area contributed by atoms with E-state index >= 15 is 0 Å². The van der Waals surface area contributed by atoms with Crippen molar-refractivity contribution in [1.82, 2.24) is 15.5 Å². The summed E-state index contributed by atoms with van der Waals surface area (Å²) in [5, 5.41) is 6.47. The zero-order valence-electron chi connectivity index (χ0n) is 10.2. The first kappa shape index (κ1) is 11.9. The molecular weight excluding hydrogens is 202 g/mol. The second-order valence-corrected chi connectivity index (χ2v) is 5.21. The minimum absolute atomic E-state index is 0.243. The summed E-state index contributed by atoms with van der Waals surface area (Å²) in [7, 11) is 2.11. The number of carbonyl (C=O) groups excluding carboxylic acids is 1. The molecule has 1 amide bonds. The molecule has 4 nitrogen and oxygen atoms in total. The van der Waals surface area contributed by atoms with E-state index in [2.05, 4.69) is 22.6 Å². The van der Waals surface area contributed by atoms with Crippen molar-refractivity contribution in [3.8, 4) is 0 Å². The zero-order chi connectivity index (χ0) is 11.4. The second-order valence-electron chi connectivity index (χ2n) is 5.21. The monoisotopic (exact) mass is 225 g/mol. The molecule has 2 heterocycles. The first-order valence-corrected chi connectivity index (χ1v) is 6.42. The highest BCUT2D eigenvalue weighted by Gasteiger charge is 2.21. The van der Waals surface area contributed by atoms with Gasteiger partial charge in [-0.3, -0.25) is 4.79 Å². The first-order chi connectivity index (χ1) is 7.74. The number of hydrogen-bond acceptors (Lipinski definition) is 3. The van der Waals surface area contributed by atoms with Gasteiger partial charge in [-0.2, -0.15) is 0 Å². The van der Waals surface area contributed by atoms with Crippen LogP contribution in [0.4, 0.5) is 0 Å². The van der Waals surface area contributed by atoms with Gasteiger partial charge in [-0.05, 0) is 51.9 Å². The Morgan fingerprint density at radius 1 is 1.50 bits per heavy atom. The third-order valence-corrected chi connectivity index (χ3v) is 3.70. The number of rotatable bonds is 4. The van der Waals surface area contributed by atoms with Crippen molar-refractivity contribution in [3.63, 3.8) is 0 Å². The maximum atomic E-state index is 11.7. The number of nitrogens with one attached hydrogen (secondary N) is 2. The Morgan fingerprint density at radius 2 is 2.38 bits per heavy atom. The molecule has 0 bridgehead atoms. The van der Waals surface area contributed by atoms with Gasteiger partial charge in [-0.15, -0.1) is 0 Å². The molecule has 2 rings (SSSR count). The molecule has 0 spiro atoms. The van der Waals surface area contributed by atoms with Crippen LogP contribution in [-0.4, -0.2) is 50.1 Å². The van der Waals surface area contributed by atoms with Gasteiger partial charge >= 0.3 is 0 Å². The van der Waals surface area contributed by atoms with Crippen LogP contribution < -0.4 is 10.6 Å². The summed E-state index contributed by atoms with van der Waals surface area (Å²) in [5.74, 6) is 0.962. The van der Waals surface area contributed by atoms with Gasteiger partial charge in [0.2, 0.25) is 5.91 Å². The van der Waals surface area contributed by atoms with Gasteiger partial charge in [-0.25, -0.2) is 0 Å². The van der Waals surface area contributed by atoms with Crippen LogP contribution in [0.2, 0.25) is 0 Å². The molecule has 2 atom stereocenters. The fraction of sp³-hybridized carbons (Fsp3) is 0.917. The average Bonchev–Trinajstić information content (AvgIpc) is 2.87. The topological polar surface area (TPSA) is 44.4 Å². The van der Waals surface area contributed by atoms with E-state index in [4.69, 9.17) is 0 Å². The van der Waals surface area contributed by atoms with Crippen LogP contribution >= 0.6 is 0 Å². The molecule has 4 heteroatoms. The number of likely N-dealkylation sites (tertiary alicyclic amines) is 1. The van der Waals surface area contributed by atoms with Crippen molar-refractivity contribution in [1.29, 1.82) is 0 Å². The van der Waals surface area contributed by atoms with Gasteiger partial charge in [0.05, 0.1) is 0 Å². The highest BCUT2D eigenvalue weighted by molar-refractivity contribution is 5.76. The maximum Gasteiger partial charge on any atom is 0.220 e. The molecule has 2 N–H and O–H groups in total. The number of nitrogens with zero attached hydrogens (tertiary/aromatic N) is 1. The SMILES string of the molecule is CN1CCC(NC(=O)CCC2CCNC2)C1. The number of likely N-dealkylation sites (N-methyl/N-ethyl adjacent to an activating group) is 1. The van der Waals surface area contributed by atoms with Crippen molar-refractivity contribution >= 4 is 5.91 Å². The van der Waals surface area contributed by atoms with Crippen LogP contribution in [-0.2, 0) is 4.79 Å². The summed E-state index contributed by atoms with van der Waals surface area (Å²) in [6.45, 7) is 4.34. The molecule has 2 unspecified atom stereocenters. The average molecular weight is 225 g/mol. The molecule has 2 aliphatic rings. The summed E-state index contributed by atoms with van der Waals surface area (Å²) < 4.78 is 0. The Balaban J connectivity index is 1.60. The predicted molar refractivity (Wildman–Crippen MR) is 64.3 cm³/mol. The number of amides is 1. The molecule has 2 fully saturated rings. The molecule has 92 valence electrons. The molecule has 0 aromatic rings. The Hall–Kier alpha value is -0.610. The van der Waals surface area contributed by atoms with Gasteiger partial charge < -0.3 is 15.5 Å². The Morgan fingerprint density at radius 3 is 3.00 bits per heavy atom. The van der Waals surface area contributed by atoms with Gasteiger partial charge in [-0.1, -0.05) is 0 Å². The summed E-state index contributed by atoms with van der Waals surface area (Å²) in [6, 6.07) is 0.388. The lowest BCUT2D eigenvalue weighted by atomic mass is 10.0. The minimum Gasteiger partial charge on any atom is -0.352 e. The van der Waals surface area contributed by atoms with Crippen molar-refractivity contribution in [2.75, 3.05) is 33.2 Å². The van der Waals surface area contributed by atoms with Crippen LogP contribution in [0.5, 0.6) is 0 Å². The van der Waals surface area contributed by atoms with Crippen LogP contribution in [0, 0.1) is 5.92 Å². The fourth-order valence-corrected chi connectivity index (χ4v) is 2.65. The fourth-order valence-electron chi connectivity index (χ4n) is 2.65. The third-order valence-electron chi connectivity index (χ3n) is 3.70. The molecule has 0 aromatic carbocycles. The van der Waals surface area contributed by atoms with E-state index in [1.807, 2.05) is 0 Å². The number of hydrogen-bond donors (Lipinski definition) is 2. The van der Waals surface area contributed by atoms with Crippen LogP contribution in [0.15, 0.2) is 0 Å². The van der Waals surface area contributed by atoms with E-state index < -0.39 is 0 Å². The number of carbonyl (C=O) groups is 1. The minimum atomic E-state index is 0.243. The van der Waals surface area contributed by atoms with Gasteiger partial charge in [0, 0.05) is 19.0 Å². The molecular formula is C12H23N3O. The molecule has 0 saturated carbocycles. The highest BCUT2D eigenvalue weighted by atomic mass is 16.1. The van der Waals surface area contributed by atoms with Crippen LogP contribution in [0.3, 0.4) is 0 Å². The lowest BCUT2D eigenvalue weighted by molar-refractivity contribution is -0.122. The Kier molecular flexibility index (Phi) is 4.18. The van der Waals surface area contributed by atoms with Gasteiger partial charge in [0.25, 0.3) is 0 Å². The maximum absolute atomic E-state index is 11.7. The van der Waals surface area contributed by atoms with E-state index in [1.54, 1.807) is 0 Å². The van der Waals surface area contributed by atoms with Crippen molar-refractivity contribution in [2.24, 2.45) is 5.92 Å². The van der Waals surface area contributed by atoms with E-state index in [1.165, 1.54) is 6.42 Å². The molecule has 0 radical (unpaired) electrons. The smallest absolute Gasteiger partial charge is 0.220 e. The first-order valence-electron chi connectivity index (χ1n) is 6.42. The lowest BCUT2D eigenvalue weighted by Gasteiger charge is -2.13. The van der Waals surface area contributed by atoms with Crippen LogP contribution in [0.1, 0.15) is 25.7 Å². The van der Waals surface area contributed by atoms with E-state index in [0.717, 1.165) is 44.9 Å². The van der Waals surface area contributed by atoms with E-state index in [-0.39, 0.29) is 5.91 Å². The van der Waals surface area contributed by atoms with Crippen molar-refractivity contribution in [3.05, 3.63) is 0 Å². The molecule has 16 heavy (non-hydrogen) atoms. The van der Waals surface area contributed by atoms with Crippen LogP contribution in [0.25, 0.3) is 0 Å². The summed E-state index contributed by atoms with van der Waals surface area (Å²) in [6.07, 6.45) is 4.08. The summed E-state index contributed by atoms with van der Waals surface area (Å²) in [5.41, 5.74) is 0. The Labute approximate surface area is 97.8 Å². The third kappa shape index (κ3) is 3.46. The quantitative estimate of drug-likeness (QED) is 0.718. The normalized spacial score (nSPS) is 30.8. The molecule has 0 aliphatic carbocycles.